The highest BCUT2D eigenvalue weighted by Crippen LogP contribution is 2.43. The fourth-order valence-electron chi connectivity index (χ4n) is 3.51. The molecule has 0 aliphatic heterocycles. The van der Waals surface area contributed by atoms with E-state index in [2.05, 4.69) is 16.5 Å². The van der Waals surface area contributed by atoms with Gasteiger partial charge in [-0.3, -0.25) is 0 Å². The first-order valence-electron chi connectivity index (χ1n) is 7.38. The van der Waals surface area contributed by atoms with Crippen LogP contribution in [-0.4, -0.2) is 9.55 Å². The summed E-state index contributed by atoms with van der Waals surface area (Å²) in [7, 11) is 0. The number of aromatic nitrogens is 2. The van der Waals surface area contributed by atoms with Crippen LogP contribution >= 0.6 is 23.2 Å². The van der Waals surface area contributed by atoms with Gasteiger partial charge in [0.2, 0.25) is 0 Å². The normalized spacial score (nSPS) is 17.9. The summed E-state index contributed by atoms with van der Waals surface area (Å²) in [5, 5.41) is 0.761. The largest absolute Gasteiger partial charge is 0.326 e. The molecule has 1 aliphatic rings. The van der Waals surface area contributed by atoms with E-state index < -0.39 is 0 Å². The number of hydrogen-bond acceptors (Lipinski definition) is 1. The minimum atomic E-state index is 0.413. The number of fused-ring (bicyclic) bond motifs is 1. The molecule has 1 aliphatic carbocycles. The van der Waals surface area contributed by atoms with Crippen molar-refractivity contribution in [2.45, 2.75) is 51.5 Å². The standard InChI is InChI=1S/C16H20Cl2N2/c1-2-16(7-3-4-8-16)11-20-14-9-12(18)5-6-13(14)19-15(20)10-17/h5-6,9H,2-4,7-8,10-11H2,1H3. The van der Waals surface area contributed by atoms with Crippen molar-refractivity contribution in [3.63, 3.8) is 0 Å². The number of imidazole rings is 1. The zero-order valence-corrected chi connectivity index (χ0v) is 13.3. The summed E-state index contributed by atoms with van der Waals surface area (Å²) >= 11 is 12.3. The summed E-state index contributed by atoms with van der Waals surface area (Å²) in [6.45, 7) is 3.32. The lowest BCUT2D eigenvalue weighted by molar-refractivity contribution is 0.238. The number of rotatable bonds is 4. The molecule has 1 fully saturated rings. The molecular formula is C16H20Cl2N2. The highest BCUT2D eigenvalue weighted by atomic mass is 35.5. The van der Waals surface area contributed by atoms with Crippen LogP contribution in [0.4, 0.5) is 0 Å². The molecule has 0 N–H and O–H groups in total. The Hall–Kier alpha value is -0.730. The lowest BCUT2D eigenvalue weighted by Crippen LogP contribution is -2.23. The number of alkyl halides is 1. The van der Waals surface area contributed by atoms with Crippen molar-refractivity contribution < 1.29 is 0 Å². The minimum absolute atomic E-state index is 0.413. The molecule has 20 heavy (non-hydrogen) atoms. The average Bonchev–Trinajstić information content (AvgIpc) is 3.05. The van der Waals surface area contributed by atoms with Crippen LogP contribution in [0.5, 0.6) is 0 Å². The minimum Gasteiger partial charge on any atom is -0.326 e. The van der Waals surface area contributed by atoms with E-state index in [9.17, 15) is 0 Å². The van der Waals surface area contributed by atoms with Crippen LogP contribution in [0.3, 0.4) is 0 Å². The third kappa shape index (κ3) is 2.44. The topological polar surface area (TPSA) is 17.8 Å². The molecule has 1 aromatic heterocycles. The van der Waals surface area contributed by atoms with Crippen molar-refractivity contribution in [3.8, 4) is 0 Å². The number of nitrogens with zero attached hydrogens (tertiary/aromatic N) is 2. The van der Waals surface area contributed by atoms with Gasteiger partial charge in [-0.25, -0.2) is 4.98 Å². The molecular weight excluding hydrogens is 291 g/mol. The van der Waals surface area contributed by atoms with Crippen LogP contribution in [-0.2, 0) is 12.4 Å². The number of hydrogen-bond donors (Lipinski definition) is 0. The molecule has 0 radical (unpaired) electrons. The summed E-state index contributed by atoms with van der Waals surface area (Å²) in [4.78, 5) is 4.65. The highest BCUT2D eigenvalue weighted by molar-refractivity contribution is 6.31. The van der Waals surface area contributed by atoms with Gasteiger partial charge in [-0.2, -0.15) is 0 Å². The predicted octanol–water partition coefficient (Wildman–Crippen LogP) is 5.40. The van der Waals surface area contributed by atoms with Crippen molar-refractivity contribution in [3.05, 3.63) is 29.0 Å². The summed E-state index contributed by atoms with van der Waals surface area (Å²) in [6.07, 6.45) is 6.53. The summed E-state index contributed by atoms with van der Waals surface area (Å²) in [5.74, 6) is 1.41. The number of halogens is 2. The molecule has 1 heterocycles. The van der Waals surface area contributed by atoms with Crippen molar-refractivity contribution in [1.82, 2.24) is 9.55 Å². The van der Waals surface area contributed by atoms with Crippen LogP contribution in [0, 0.1) is 5.41 Å². The van der Waals surface area contributed by atoms with Gasteiger partial charge in [0.1, 0.15) is 5.82 Å². The lowest BCUT2D eigenvalue weighted by Gasteiger charge is -2.29. The molecule has 2 nitrogen and oxygen atoms in total. The molecule has 3 rings (SSSR count). The van der Waals surface area contributed by atoms with Gasteiger partial charge in [0.15, 0.2) is 0 Å². The van der Waals surface area contributed by atoms with Gasteiger partial charge in [0.25, 0.3) is 0 Å². The molecule has 4 heteroatoms. The van der Waals surface area contributed by atoms with Gasteiger partial charge < -0.3 is 4.57 Å². The van der Waals surface area contributed by atoms with Crippen molar-refractivity contribution >= 4 is 34.2 Å². The van der Waals surface area contributed by atoms with Crippen molar-refractivity contribution in [1.29, 1.82) is 0 Å². The molecule has 0 atom stereocenters. The van der Waals surface area contributed by atoms with Crippen molar-refractivity contribution in [2.75, 3.05) is 0 Å². The monoisotopic (exact) mass is 310 g/mol. The van der Waals surface area contributed by atoms with Crippen molar-refractivity contribution in [2.24, 2.45) is 5.41 Å². The second-order valence-corrected chi connectivity index (χ2v) is 6.65. The number of benzene rings is 1. The Balaban J connectivity index is 2.06. The van der Waals surface area contributed by atoms with Gasteiger partial charge in [0.05, 0.1) is 16.9 Å². The Morgan fingerprint density at radius 1 is 1.30 bits per heavy atom. The first-order chi connectivity index (χ1) is 9.67. The van der Waals surface area contributed by atoms with E-state index in [-0.39, 0.29) is 0 Å². The molecule has 0 bridgehead atoms. The fourth-order valence-corrected chi connectivity index (χ4v) is 3.88. The molecule has 0 amide bonds. The van der Waals surface area contributed by atoms with Gasteiger partial charge in [-0.1, -0.05) is 31.4 Å². The SMILES string of the molecule is CCC1(Cn2c(CCl)nc3ccc(Cl)cc32)CCCC1. The van der Waals surface area contributed by atoms with Crippen LogP contribution in [0.25, 0.3) is 11.0 Å². The van der Waals surface area contributed by atoms with Crippen LogP contribution in [0.1, 0.15) is 44.9 Å². The molecule has 0 spiro atoms. The Kier molecular flexibility index (Phi) is 3.96. The fraction of sp³-hybridized carbons (Fsp3) is 0.562. The van der Waals surface area contributed by atoms with Gasteiger partial charge >= 0.3 is 0 Å². The quantitative estimate of drug-likeness (QED) is 0.691. The van der Waals surface area contributed by atoms with E-state index >= 15 is 0 Å². The van der Waals surface area contributed by atoms with Crippen LogP contribution < -0.4 is 0 Å². The molecule has 0 saturated heterocycles. The van der Waals surface area contributed by atoms with Gasteiger partial charge in [0, 0.05) is 11.6 Å². The second-order valence-electron chi connectivity index (χ2n) is 5.94. The van der Waals surface area contributed by atoms with Crippen LogP contribution in [0.2, 0.25) is 5.02 Å². The first-order valence-corrected chi connectivity index (χ1v) is 8.29. The van der Waals surface area contributed by atoms with E-state index in [0.29, 0.717) is 11.3 Å². The van der Waals surface area contributed by atoms with Gasteiger partial charge in [-0.15, -0.1) is 11.6 Å². The lowest BCUT2D eigenvalue weighted by atomic mass is 9.83. The van der Waals surface area contributed by atoms with E-state index in [1.54, 1.807) is 0 Å². The zero-order valence-electron chi connectivity index (χ0n) is 11.8. The van der Waals surface area contributed by atoms with E-state index in [1.807, 2.05) is 18.2 Å². The smallest absolute Gasteiger partial charge is 0.124 e. The molecule has 0 unspecified atom stereocenters. The Morgan fingerprint density at radius 3 is 2.70 bits per heavy atom. The molecule has 2 aromatic rings. The average molecular weight is 311 g/mol. The Labute approximate surface area is 130 Å². The second kappa shape index (κ2) is 5.57. The predicted molar refractivity (Wildman–Crippen MR) is 85.5 cm³/mol. The first kappa shape index (κ1) is 14.2. The maximum atomic E-state index is 6.15. The summed E-state index contributed by atoms with van der Waals surface area (Å²) in [5.41, 5.74) is 2.53. The highest BCUT2D eigenvalue weighted by Gasteiger charge is 2.33. The maximum Gasteiger partial charge on any atom is 0.124 e. The maximum absolute atomic E-state index is 6.15. The Morgan fingerprint density at radius 2 is 2.05 bits per heavy atom. The Bertz CT molecular complexity index is 612. The summed E-state index contributed by atoms with van der Waals surface area (Å²) < 4.78 is 2.29. The zero-order chi connectivity index (χ0) is 14.2. The molecule has 1 aromatic carbocycles. The van der Waals surface area contributed by atoms with Gasteiger partial charge in [-0.05, 0) is 42.9 Å². The third-order valence-electron chi connectivity index (χ3n) is 4.82. The third-order valence-corrected chi connectivity index (χ3v) is 5.29. The summed E-state index contributed by atoms with van der Waals surface area (Å²) in [6, 6.07) is 5.89. The molecule has 1 saturated carbocycles. The van der Waals surface area contributed by atoms with E-state index in [0.717, 1.165) is 28.4 Å². The van der Waals surface area contributed by atoms with E-state index in [1.165, 1.54) is 32.1 Å². The molecule has 108 valence electrons. The van der Waals surface area contributed by atoms with Crippen LogP contribution in [0.15, 0.2) is 18.2 Å². The van der Waals surface area contributed by atoms with E-state index in [4.69, 9.17) is 23.2 Å².